The Balaban J connectivity index is 1.28. The first-order valence-electron chi connectivity index (χ1n) is 9.64. The number of anilines is 1. The molecule has 1 N–H and O–H groups in total. The maximum atomic E-state index is 5.47. The van der Waals surface area contributed by atoms with Gasteiger partial charge in [0.1, 0.15) is 0 Å². The minimum atomic E-state index is 0.250. The monoisotopic (exact) mass is 374 g/mol. The van der Waals surface area contributed by atoms with E-state index in [0.29, 0.717) is 0 Å². The van der Waals surface area contributed by atoms with Crippen LogP contribution in [-0.4, -0.2) is 36.0 Å². The number of hydrazone groups is 1. The molecule has 1 fully saturated rings. The molecule has 0 amide bonds. The molecular weight excluding hydrogens is 352 g/mol. The molecule has 0 atom stereocenters. The van der Waals surface area contributed by atoms with E-state index in [2.05, 4.69) is 44.7 Å². The van der Waals surface area contributed by atoms with Gasteiger partial charge in [-0.1, -0.05) is 24.3 Å². The van der Waals surface area contributed by atoms with E-state index in [4.69, 9.17) is 9.47 Å². The quantitative estimate of drug-likeness (QED) is 0.540. The molecule has 28 heavy (non-hydrogen) atoms. The van der Waals surface area contributed by atoms with Crippen LogP contribution in [0.15, 0.2) is 53.8 Å². The van der Waals surface area contributed by atoms with Crippen molar-refractivity contribution in [2.24, 2.45) is 5.10 Å². The molecule has 6 nitrogen and oxygen atoms in total. The summed E-state index contributed by atoms with van der Waals surface area (Å²) in [5.41, 5.74) is 7.26. The Bertz CT molecular complexity index is 1010. The zero-order valence-corrected chi connectivity index (χ0v) is 15.6. The highest BCUT2D eigenvalue weighted by atomic mass is 16.7. The topological polar surface area (TPSA) is 59.0 Å². The number of hydrogen-bond donors (Lipinski definition) is 1. The molecule has 3 heterocycles. The number of rotatable bonds is 5. The number of nitrogens with one attached hydrogen (secondary N) is 1. The Morgan fingerprint density at radius 2 is 1.82 bits per heavy atom. The summed E-state index contributed by atoms with van der Waals surface area (Å²) < 4.78 is 10.9. The highest BCUT2D eigenvalue weighted by molar-refractivity contribution is 5.94. The molecule has 3 aromatic rings. The summed E-state index contributed by atoms with van der Waals surface area (Å²) in [5.74, 6) is 1.47. The van der Waals surface area contributed by atoms with E-state index in [1.165, 1.54) is 31.5 Å². The van der Waals surface area contributed by atoms with Crippen LogP contribution in [0.4, 0.5) is 5.69 Å². The van der Waals surface area contributed by atoms with Crippen molar-refractivity contribution in [2.75, 3.05) is 25.3 Å². The second-order valence-electron chi connectivity index (χ2n) is 7.18. The Morgan fingerprint density at radius 1 is 1.04 bits per heavy atom. The van der Waals surface area contributed by atoms with Crippen molar-refractivity contribution in [3.63, 3.8) is 0 Å². The van der Waals surface area contributed by atoms with Crippen LogP contribution in [0.5, 0.6) is 11.5 Å². The summed E-state index contributed by atoms with van der Waals surface area (Å²) in [6, 6.07) is 14.3. The van der Waals surface area contributed by atoms with Crippen molar-refractivity contribution in [1.82, 2.24) is 9.88 Å². The van der Waals surface area contributed by atoms with Crippen LogP contribution >= 0.6 is 0 Å². The van der Waals surface area contributed by atoms with E-state index in [0.717, 1.165) is 40.2 Å². The van der Waals surface area contributed by atoms with E-state index in [9.17, 15) is 0 Å². The average molecular weight is 374 g/mol. The highest BCUT2D eigenvalue weighted by Gasteiger charge is 2.16. The lowest BCUT2D eigenvalue weighted by atomic mass is 10.1. The average Bonchev–Trinajstić information content (AvgIpc) is 3.39. The van der Waals surface area contributed by atoms with E-state index >= 15 is 0 Å². The number of fused-ring (bicyclic) bond motifs is 2. The molecule has 0 saturated carbocycles. The molecule has 0 spiro atoms. The third-order valence-electron chi connectivity index (χ3n) is 5.22. The second-order valence-corrected chi connectivity index (χ2v) is 7.18. The molecule has 1 saturated heterocycles. The van der Waals surface area contributed by atoms with Gasteiger partial charge in [-0.2, -0.15) is 5.10 Å². The van der Waals surface area contributed by atoms with Gasteiger partial charge in [-0.25, -0.2) is 0 Å². The van der Waals surface area contributed by atoms with Gasteiger partial charge in [-0.05, 0) is 49.2 Å². The summed E-state index contributed by atoms with van der Waals surface area (Å²) in [6.07, 6.45) is 6.23. The largest absolute Gasteiger partial charge is 0.454 e. The predicted molar refractivity (Wildman–Crippen MR) is 110 cm³/mol. The normalized spacial score (nSPS) is 16.3. The first-order valence-corrected chi connectivity index (χ1v) is 9.64. The molecule has 2 aliphatic heterocycles. The smallest absolute Gasteiger partial charge is 0.231 e. The summed E-state index contributed by atoms with van der Waals surface area (Å²) in [4.78, 5) is 6.91. The molecule has 0 bridgehead atoms. The van der Waals surface area contributed by atoms with Gasteiger partial charge in [-0.15, -0.1) is 0 Å². The zero-order chi connectivity index (χ0) is 18.8. The van der Waals surface area contributed by atoms with Crippen molar-refractivity contribution in [2.45, 2.75) is 19.4 Å². The van der Waals surface area contributed by atoms with E-state index in [1.807, 2.05) is 24.4 Å². The van der Waals surface area contributed by atoms with Gasteiger partial charge in [0.15, 0.2) is 11.5 Å². The van der Waals surface area contributed by atoms with Crippen molar-refractivity contribution in [3.05, 3.63) is 59.8 Å². The molecule has 2 aliphatic rings. The number of aromatic nitrogens is 1. The Labute approximate surface area is 163 Å². The number of hydrogen-bond acceptors (Lipinski definition) is 6. The maximum Gasteiger partial charge on any atom is 0.231 e. The van der Waals surface area contributed by atoms with Gasteiger partial charge < -0.3 is 9.47 Å². The number of ether oxygens (including phenoxy) is 2. The summed E-state index contributed by atoms with van der Waals surface area (Å²) >= 11 is 0. The van der Waals surface area contributed by atoms with Gasteiger partial charge in [0.25, 0.3) is 0 Å². The van der Waals surface area contributed by atoms with Crippen LogP contribution in [0.2, 0.25) is 0 Å². The van der Waals surface area contributed by atoms with E-state index in [1.54, 1.807) is 6.20 Å². The minimum Gasteiger partial charge on any atom is -0.454 e. The summed E-state index contributed by atoms with van der Waals surface area (Å²) in [5, 5.41) is 5.35. The minimum absolute atomic E-state index is 0.250. The first kappa shape index (κ1) is 17.0. The Hall–Kier alpha value is -3.12. The molecule has 5 rings (SSSR count). The fraction of sp³-hybridized carbons (Fsp3) is 0.273. The van der Waals surface area contributed by atoms with Gasteiger partial charge in [-0.3, -0.25) is 15.3 Å². The first-order chi connectivity index (χ1) is 13.8. The van der Waals surface area contributed by atoms with Gasteiger partial charge in [0.2, 0.25) is 6.79 Å². The third-order valence-corrected chi connectivity index (χ3v) is 5.22. The van der Waals surface area contributed by atoms with E-state index < -0.39 is 0 Å². The van der Waals surface area contributed by atoms with Crippen LogP contribution in [0.3, 0.4) is 0 Å². The van der Waals surface area contributed by atoms with Gasteiger partial charge in [0.05, 0.1) is 17.4 Å². The molecular formula is C22H22N4O2. The number of likely N-dealkylation sites (tertiary alicyclic amines) is 1. The van der Waals surface area contributed by atoms with Crippen molar-refractivity contribution in [3.8, 4) is 11.5 Å². The van der Waals surface area contributed by atoms with Crippen LogP contribution in [0.1, 0.15) is 24.0 Å². The third kappa shape index (κ3) is 3.51. The fourth-order valence-electron chi connectivity index (χ4n) is 3.72. The van der Waals surface area contributed by atoms with Crippen molar-refractivity contribution >= 4 is 22.8 Å². The Morgan fingerprint density at radius 3 is 2.64 bits per heavy atom. The molecule has 0 radical (unpaired) electrons. The predicted octanol–water partition coefficient (Wildman–Crippen LogP) is 4.01. The molecule has 0 aliphatic carbocycles. The number of pyridine rings is 1. The Kier molecular flexibility index (Phi) is 4.54. The van der Waals surface area contributed by atoms with E-state index in [-0.39, 0.29) is 6.79 Å². The number of nitrogens with zero attached hydrogens (tertiary/aromatic N) is 3. The lowest BCUT2D eigenvalue weighted by molar-refractivity contribution is 0.174. The van der Waals surface area contributed by atoms with Crippen molar-refractivity contribution < 1.29 is 9.47 Å². The van der Waals surface area contributed by atoms with Gasteiger partial charge in [0, 0.05) is 24.2 Å². The van der Waals surface area contributed by atoms with Crippen LogP contribution in [0.25, 0.3) is 10.9 Å². The summed E-state index contributed by atoms with van der Waals surface area (Å²) in [7, 11) is 0. The highest BCUT2D eigenvalue weighted by Crippen LogP contribution is 2.37. The zero-order valence-electron chi connectivity index (χ0n) is 15.6. The lowest BCUT2D eigenvalue weighted by Crippen LogP contribution is -2.18. The number of benzene rings is 2. The van der Waals surface area contributed by atoms with Gasteiger partial charge >= 0.3 is 0 Å². The van der Waals surface area contributed by atoms with Crippen molar-refractivity contribution in [1.29, 1.82) is 0 Å². The SMILES string of the molecule is C(=N\Nc1ccnc2cc3c(cc12)OCO3)/c1ccc(CN2CCCC2)cc1. The molecule has 2 aromatic carbocycles. The molecule has 0 unspecified atom stereocenters. The van der Waals surface area contributed by atoms with Crippen LogP contribution < -0.4 is 14.9 Å². The summed E-state index contributed by atoms with van der Waals surface area (Å²) in [6.45, 7) is 3.72. The van der Waals surface area contributed by atoms with Crippen LogP contribution in [0, 0.1) is 0 Å². The molecule has 6 heteroatoms. The molecule has 1 aromatic heterocycles. The lowest BCUT2D eigenvalue weighted by Gasteiger charge is -2.14. The maximum absolute atomic E-state index is 5.47. The van der Waals surface area contributed by atoms with Crippen LogP contribution in [-0.2, 0) is 6.54 Å². The standard InChI is InChI=1S/C22H22N4O2/c1-2-10-26(9-1)14-17-5-3-16(4-6-17)13-24-25-19-7-8-23-20-12-22-21(11-18(19)20)27-15-28-22/h3-8,11-13H,1-2,9-10,14-15H2,(H,23,25)/b24-13+. The fourth-order valence-corrected chi connectivity index (χ4v) is 3.72. The molecule has 142 valence electrons. The second kappa shape index (κ2) is 7.48.